The van der Waals surface area contributed by atoms with Crippen LogP contribution in [0.25, 0.3) is 0 Å². The van der Waals surface area contributed by atoms with Crippen molar-refractivity contribution in [2.24, 2.45) is 0 Å². The Morgan fingerprint density at radius 3 is 2.60 bits per heavy atom. The summed E-state index contributed by atoms with van der Waals surface area (Å²) in [5, 5.41) is 2.68. The van der Waals surface area contributed by atoms with Gasteiger partial charge in [0.2, 0.25) is 0 Å². The number of hydrogen-bond donors (Lipinski definition) is 1. The zero-order chi connectivity index (χ0) is 15.1. The summed E-state index contributed by atoms with van der Waals surface area (Å²) in [6, 6.07) is 5.22. The van der Waals surface area contributed by atoms with Crippen LogP contribution in [0, 0.1) is 6.92 Å². The van der Waals surface area contributed by atoms with Crippen LogP contribution in [0.1, 0.15) is 36.2 Å². The molecule has 1 aromatic rings. The molecule has 0 atom stereocenters. The lowest BCUT2D eigenvalue weighted by Gasteiger charge is -2.10. The second kappa shape index (κ2) is 7.53. The molecule has 1 amide bonds. The number of methoxy groups -OCH3 is 1. The lowest BCUT2D eigenvalue weighted by atomic mass is 10.1. The minimum absolute atomic E-state index is 0.139. The number of carbonyl (C=O) groups excluding carboxylic acids is 2. The average Bonchev–Trinajstić information content (AvgIpc) is 2.38. The number of carbonyl (C=O) groups is 2. The Kier molecular flexibility index (Phi) is 6.03. The van der Waals surface area contributed by atoms with Crippen LogP contribution in [0.15, 0.2) is 18.2 Å². The van der Waals surface area contributed by atoms with Crippen LogP contribution >= 0.6 is 0 Å². The van der Waals surface area contributed by atoms with Crippen molar-refractivity contribution in [1.29, 1.82) is 0 Å². The van der Waals surface area contributed by atoms with Gasteiger partial charge in [-0.3, -0.25) is 9.59 Å². The molecule has 0 bridgehead atoms. The number of ether oxygens (including phenoxy) is 2. The molecule has 0 spiro atoms. The molecule has 1 aromatic carbocycles. The summed E-state index contributed by atoms with van der Waals surface area (Å²) in [6.07, 6.45) is 0.0203. The topological polar surface area (TPSA) is 64.6 Å². The Morgan fingerprint density at radius 2 is 2.00 bits per heavy atom. The molecule has 0 aliphatic heterocycles. The fourth-order valence-corrected chi connectivity index (χ4v) is 1.66. The van der Waals surface area contributed by atoms with Crippen LogP contribution in [0.2, 0.25) is 0 Å². The van der Waals surface area contributed by atoms with Crippen molar-refractivity contribution in [3.63, 3.8) is 0 Å². The average molecular weight is 279 g/mol. The Bertz CT molecular complexity index is 483. The summed E-state index contributed by atoms with van der Waals surface area (Å²) in [6.45, 7) is 5.73. The third-order valence-electron chi connectivity index (χ3n) is 2.65. The lowest BCUT2D eigenvalue weighted by molar-refractivity contribution is -0.147. The smallest absolute Gasteiger partial charge is 0.307 e. The van der Waals surface area contributed by atoms with Gasteiger partial charge in [-0.1, -0.05) is 6.07 Å². The maximum absolute atomic E-state index is 11.9. The Balaban J connectivity index is 2.49. The summed E-state index contributed by atoms with van der Waals surface area (Å²) in [5.74, 6) is 0.110. The lowest BCUT2D eigenvalue weighted by Crippen LogP contribution is -2.27. The molecule has 0 fully saturated rings. The van der Waals surface area contributed by atoms with E-state index in [9.17, 15) is 9.59 Å². The molecule has 0 radical (unpaired) electrons. The van der Waals surface area contributed by atoms with E-state index in [0.29, 0.717) is 11.3 Å². The predicted molar refractivity (Wildman–Crippen MR) is 75.9 cm³/mol. The van der Waals surface area contributed by atoms with Crippen molar-refractivity contribution in [3.05, 3.63) is 29.3 Å². The molecule has 20 heavy (non-hydrogen) atoms. The van der Waals surface area contributed by atoms with E-state index in [2.05, 4.69) is 5.32 Å². The largest absolute Gasteiger partial charge is 0.496 e. The minimum Gasteiger partial charge on any atom is -0.496 e. The molecular formula is C15H21NO4. The van der Waals surface area contributed by atoms with Crippen LogP contribution in [-0.2, 0) is 9.53 Å². The number of hydrogen-bond acceptors (Lipinski definition) is 4. The zero-order valence-electron chi connectivity index (χ0n) is 12.4. The predicted octanol–water partition coefficient (Wildman–Crippen LogP) is 2.08. The molecule has 5 heteroatoms. The van der Waals surface area contributed by atoms with Gasteiger partial charge in [0.25, 0.3) is 5.91 Å². The number of esters is 1. The van der Waals surface area contributed by atoms with Gasteiger partial charge in [0.05, 0.1) is 19.6 Å². The minimum atomic E-state index is -0.318. The Labute approximate surface area is 119 Å². The molecule has 0 unspecified atom stereocenters. The standard InChI is InChI=1S/C15H21NO4/c1-10(2)20-14(17)7-8-16-15(18)12-6-5-11(3)13(9-12)19-4/h5-6,9-10H,7-8H2,1-4H3,(H,16,18). The van der Waals surface area contributed by atoms with Gasteiger partial charge >= 0.3 is 5.97 Å². The monoisotopic (exact) mass is 279 g/mol. The van der Waals surface area contributed by atoms with Crippen molar-refractivity contribution < 1.29 is 19.1 Å². The second-order valence-corrected chi connectivity index (χ2v) is 4.73. The van der Waals surface area contributed by atoms with Crippen molar-refractivity contribution in [1.82, 2.24) is 5.32 Å². The molecule has 0 aliphatic carbocycles. The number of amides is 1. The number of nitrogens with one attached hydrogen (secondary N) is 1. The second-order valence-electron chi connectivity index (χ2n) is 4.73. The molecule has 0 aromatic heterocycles. The molecular weight excluding hydrogens is 258 g/mol. The molecule has 1 N–H and O–H groups in total. The number of benzene rings is 1. The Morgan fingerprint density at radius 1 is 1.30 bits per heavy atom. The maximum atomic E-state index is 11.9. The van der Waals surface area contributed by atoms with Gasteiger partial charge in [-0.25, -0.2) is 0 Å². The summed E-state index contributed by atoms with van der Waals surface area (Å²) in [4.78, 5) is 23.2. The van der Waals surface area contributed by atoms with E-state index in [4.69, 9.17) is 9.47 Å². The van der Waals surface area contributed by atoms with Crippen LogP contribution in [0.3, 0.4) is 0 Å². The van der Waals surface area contributed by atoms with Crippen molar-refractivity contribution >= 4 is 11.9 Å². The van der Waals surface area contributed by atoms with Crippen LogP contribution in [0.5, 0.6) is 5.75 Å². The van der Waals surface area contributed by atoms with E-state index in [1.165, 1.54) is 0 Å². The fraction of sp³-hybridized carbons (Fsp3) is 0.467. The van der Waals surface area contributed by atoms with Crippen molar-refractivity contribution in [2.45, 2.75) is 33.3 Å². The highest BCUT2D eigenvalue weighted by atomic mass is 16.5. The van der Waals surface area contributed by atoms with E-state index in [1.807, 2.05) is 13.0 Å². The van der Waals surface area contributed by atoms with Gasteiger partial charge in [0.15, 0.2) is 0 Å². The van der Waals surface area contributed by atoms with E-state index in [1.54, 1.807) is 33.1 Å². The van der Waals surface area contributed by atoms with E-state index >= 15 is 0 Å². The van der Waals surface area contributed by atoms with Gasteiger partial charge in [-0.2, -0.15) is 0 Å². The summed E-state index contributed by atoms with van der Waals surface area (Å²) >= 11 is 0. The molecule has 0 saturated heterocycles. The first-order chi connectivity index (χ1) is 9.43. The SMILES string of the molecule is COc1cc(C(=O)NCCC(=O)OC(C)C)ccc1C. The number of rotatable bonds is 6. The van der Waals surface area contributed by atoms with Crippen LogP contribution in [-0.4, -0.2) is 31.6 Å². The van der Waals surface area contributed by atoms with E-state index < -0.39 is 0 Å². The van der Waals surface area contributed by atoms with E-state index in [-0.39, 0.29) is 30.9 Å². The number of aryl methyl sites for hydroxylation is 1. The zero-order valence-corrected chi connectivity index (χ0v) is 12.4. The highest BCUT2D eigenvalue weighted by Gasteiger charge is 2.10. The molecule has 0 saturated carbocycles. The molecule has 1 rings (SSSR count). The van der Waals surface area contributed by atoms with Gasteiger partial charge in [-0.15, -0.1) is 0 Å². The first kappa shape index (κ1) is 16.0. The molecule has 5 nitrogen and oxygen atoms in total. The first-order valence-electron chi connectivity index (χ1n) is 6.56. The highest BCUT2D eigenvalue weighted by molar-refractivity contribution is 5.94. The normalized spacial score (nSPS) is 10.2. The van der Waals surface area contributed by atoms with Gasteiger partial charge < -0.3 is 14.8 Å². The van der Waals surface area contributed by atoms with Crippen molar-refractivity contribution in [3.8, 4) is 5.75 Å². The van der Waals surface area contributed by atoms with Gasteiger partial charge in [0, 0.05) is 12.1 Å². The quantitative estimate of drug-likeness (QED) is 0.810. The van der Waals surface area contributed by atoms with Gasteiger partial charge in [0.1, 0.15) is 5.75 Å². The first-order valence-corrected chi connectivity index (χ1v) is 6.56. The summed E-state index contributed by atoms with van der Waals surface area (Å²) in [7, 11) is 1.56. The summed E-state index contributed by atoms with van der Waals surface area (Å²) < 4.78 is 10.1. The van der Waals surface area contributed by atoms with Gasteiger partial charge in [-0.05, 0) is 38.5 Å². The van der Waals surface area contributed by atoms with E-state index in [0.717, 1.165) is 5.56 Å². The molecule has 0 aliphatic rings. The fourth-order valence-electron chi connectivity index (χ4n) is 1.66. The van der Waals surface area contributed by atoms with Crippen LogP contribution < -0.4 is 10.1 Å². The maximum Gasteiger partial charge on any atom is 0.307 e. The third kappa shape index (κ3) is 4.91. The summed E-state index contributed by atoms with van der Waals surface area (Å²) in [5.41, 5.74) is 1.47. The van der Waals surface area contributed by atoms with Crippen molar-refractivity contribution in [2.75, 3.05) is 13.7 Å². The molecule has 0 heterocycles. The third-order valence-corrected chi connectivity index (χ3v) is 2.65. The Hall–Kier alpha value is -2.04. The van der Waals surface area contributed by atoms with Crippen LogP contribution in [0.4, 0.5) is 0 Å². The highest BCUT2D eigenvalue weighted by Crippen LogP contribution is 2.18. The molecule has 110 valence electrons.